The van der Waals surface area contributed by atoms with E-state index in [0.29, 0.717) is 34.5 Å². The fourth-order valence-electron chi connectivity index (χ4n) is 3.76. The molecule has 2 amide bonds. The Kier molecular flexibility index (Phi) is 7.37. The van der Waals surface area contributed by atoms with Crippen LogP contribution in [0.4, 0.5) is 6.01 Å². The molecule has 9 heteroatoms. The highest BCUT2D eigenvalue weighted by Crippen LogP contribution is 2.19. The topological polar surface area (TPSA) is 126 Å². The minimum Gasteiger partial charge on any atom is -0.423 e. The van der Waals surface area contributed by atoms with Gasteiger partial charge >= 0.3 is 6.01 Å². The lowest BCUT2D eigenvalue weighted by Crippen LogP contribution is -2.34. The smallest absolute Gasteiger partial charge is 0.302 e. The number of benzene rings is 2. The Hall–Kier alpha value is -4.24. The van der Waals surface area contributed by atoms with Crippen molar-refractivity contribution in [3.8, 4) is 0 Å². The van der Waals surface area contributed by atoms with Gasteiger partial charge in [-0.3, -0.25) is 14.9 Å². The minimum atomic E-state index is -0.558. The molecule has 4 rings (SSSR count). The first-order chi connectivity index (χ1) is 17.0. The molecule has 1 saturated heterocycles. The zero-order valence-corrected chi connectivity index (χ0v) is 19.6. The van der Waals surface area contributed by atoms with Crippen molar-refractivity contribution in [3.63, 3.8) is 0 Å². The first-order valence-corrected chi connectivity index (χ1v) is 11.4. The number of allylic oxidation sites excluding steroid dienone is 2. The Balaban J connectivity index is 1.53. The van der Waals surface area contributed by atoms with E-state index in [4.69, 9.17) is 10.2 Å². The van der Waals surface area contributed by atoms with Crippen LogP contribution in [0.1, 0.15) is 29.3 Å². The molecule has 3 aromatic rings. The maximum atomic E-state index is 12.9. The summed E-state index contributed by atoms with van der Waals surface area (Å²) in [5.74, 6) is -0.564. The highest BCUT2D eigenvalue weighted by Gasteiger charge is 2.18. The molecular formula is C26H28N6O3. The summed E-state index contributed by atoms with van der Waals surface area (Å²) in [6, 6.07) is 14.3. The number of nitrogens with zero attached hydrogens (tertiary/aromatic N) is 3. The van der Waals surface area contributed by atoms with Gasteiger partial charge in [-0.1, -0.05) is 30.8 Å². The monoisotopic (exact) mass is 472 g/mol. The second-order valence-corrected chi connectivity index (χ2v) is 8.15. The molecule has 0 spiro atoms. The van der Waals surface area contributed by atoms with E-state index in [-0.39, 0.29) is 23.3 Å². The number of nitrogens with one attached hydrogen (secondary N) is 2. The van der Waals surface area contributed by atoms with Crippen LogP contribution >= 0.6 is 0 Å². The fraction of sp³-hybridized carbons (Fsp3) is 0.231. The van der Waals surface area contributed by atoms with Crippen molar-refractivity contribution in [2.45, 2.75) is 13.3 Å². The predicted molar refractivity (Wildman–Crippen MR) is 136 cm³/mol. The van der Waals surface area contributed by atoms with Gasteiger partial charge in [-0.2, -0.15) is 4.98 Å². The van der Waals surface area contributed by atoms with Crippen molar-refractivity contribution in [1.82, 2.24) is 15.2 Å². The number of hydrogen-bond donors (Lipinski definition) is 3. The second kappa shape index (κ2) is 10.8. The molecule has 0 atom stereocenters. The van der Waals surface area contributed by atoms with Crippen LogP contribution in [0, 0.1) is 0 Å². The Morgan fingerprint density at radius 2 is 1.89 bits per heavy atom. The number of anilines is 1. The molecule has 1 aliphatic heterocycles. The van der Waals surface area contributed by atoms with Gasteiger partial charge in [-0.15, -0.1) is 0 Å². The molecule has 2 heterocycles. The largest absolute Gasteiger partial charge is 0.423 e. The number of oxazole rings is 1. The zero-order chi connectivity index (χ0) is 24.8. The summed E-state index contributed by atoms with van der Waals surface area (Å²) in [5.41, 5.74) is 9.12. The molecule has 1 aromatic heterocycles. The summed E-state index contributed by atoms with van der Waals surface area (Å²) < 4.78 is 5.56. The van der Waals surface area contributed by atoms with E-state index in [2.05, 4.69) is 27.2 Å². The average molecular weight is 473 g/mol. The number of amides is 2. The summed E-state index contributed by atoms with van der Waals surface area (Å²) in [7, 11) is 0. The van der Waals surface area contributed by atoms with Crippen molar-refractivity contribution < 1.29 is 14.0 Å². The Bertz CT molecular complexity index is 1260. The van der Waals surface area contributed by atoms with Crippen LogP contribution in [0.2, 0.25) is 0 Å². The van der Waals surface area contributed by atoms with Gasteiger partial charge in [-0.25, -0.2) is 4.99 Å². The zero-order valence-electron chi connectivity index (χ0n) is 19.6. The molecule has 9 nitrogen and oxygen atoms in total. The molecule has 0 bridgehead atoms. The van der Waals surface area contributed by atoms with Crippen LogP contribution in [0.15, 0.2) is 82.0 Å². The van der Waals surface area contributed by atoms with Crippen molar-refractivity contribution >= 4 is 34.6 Å². The number of para-hydroxylation sites is 2. The van der Waals surface area contributed by atoms with Crippen LogP contribution in [0.3, 0.4) is 0 Å². The van der Waals surface area contributed by atoms with E-state index in [1.54, 1.807) is 43.3 Å². The van der Waals surface area contributed by atoms with Gasteiger partial charge in [0.05, 0.1) is 5.71 Å². The normalized spacial score (nSPS) is 15.3. The summed E-state index contributed by atoms with van der Waals surface area (Å²) in [6.45, 7) is 8.52. The third-order valence-electron chi connectivity index (χ3n) is 5.58. The Labute approximate surface area is 203 Å². The molecule has 4 N–H and O–H groups in total. The lowest BCUT2D eigenvalue weighted by Gasteiger charge is -2.20. The average Bonchev–Trinajstić information content (AvgIpc) is 3.07. The molecule has 0 radical (unpaired) electrons. The summed E-state index contributed by atoms with van der Waals surface area (Å²) >= 11 is 0. The van der Waals surface area contributed by atoms with Crippen molar-refractivity contribution in [1.29, 1.82) is 0 Å². The predicted octanol–water partition coefficient (Wildman–Crippen LogP) is 3.07. The maximum absolute atomic E-state index is 12.9. The molecular weight excluding hydrogens is 444 g/mol. The first kappa shape index (κ1) is 23.9. The van der Waals surface area contributed by atoms with E-state index >= 15 is 0 Å². The van der Waals surface area contributed by atoms with Crippen molar-refractivity contribution in [3.05, 3.63) is 83.7 Å². The minimum absolute atomic E-state index is 0.00607. The van der Waals surface area contributed by atoms with Gasteiger partial charge in [0.1, 0.15) is 11.2 Å². The standard InChI is InChI=1S/C26H28N6O3/c1-3-20(18-9-11-19(12-10-18)25(34)32-15-6-13-28-14-16-32)29-23(17(2)27)24(33)31-26-30-21-7-4-5-8-22(21)35-26/h3-5,7-12,28H,1,6,13-16,27H2,2H3,(H,30,31,33)/b23-17+,29-20+. The van der Waals surface area contributed by atoms with Crippen LogP contribution in [0.25, 0.3) is 11.1 Å². The van der Waals surface area contributed by atoms with E-state index in [0.717, 1.165) is 26.1 Å². The number of nitrogens with two attached hydrogens (primary N) is 1. The SMILES string of the molecule is C=C/C(=N\C(C(=O)Nc1nc2ccccc2o1)=C(/C)N)c1ccc(C(=O)N2CCCNCC2)cc1. The lowest BCUT2D eigenvalue weighted by atomic mass is 10.1. The Morgan fingerprint density at radius 3 is 2.60 bits per heavy atom. The molecule has 35 heavy (non-hydrogen) atoms. The molecule has 0 aliphatic carbocycles. The van der Waals surface area contributed by atoms with E-state index in [1.165, 1.54) is 6.08 Å². The molecule has 0 unspecified atom stereocenters. The van der Waals surface area contributed by atoms with Crippen LogP contribution in [0.5, 0.6) is 0 Å². The van der Waals surface area contributed by atoms with Crippen LogP contribution in [-0.4, -0.2) is 53.6 Å². The molecule has 0 saturated carbocycles. The van der Waals surface area contributed by atoms with Crippen LogP contribution < -0.4 is 16.4 Å². The number of hydrogen-bond acceptors (Lipinski definition) is 7. The van der Waals surface area contributed by atoms with Crippen molar-refractivity contribution in [2.24, 2.45) is 10.7 Å². The van der Waals surface area contributed by atoms with Gasteiger partial charge in [0.25, 0.3) is 11.8 Å². The number of aromatic nitrogens is 1. The number of carbonyl (C=O) groups is 2. The number of fused-ring (bicyclic) bond motifs is 1. The van der Waals surface area contributed by atoms with Gasteiger partial charge in [0.2, 0.25) is 0 Å². The quantitative estimate of drug-likeness (QED) is 0.374. The van der Waals surface area contributed by atoms with E-state index in [1.807, 2.05) is 17.0 Å². The highest BCUT2D eigenvalue weighted by atomic mass is 16.4. The number of rotatable bonds is 6. The molecule has 1 aliphatic rings. The molecule has 1 fully saturated rings. The van der Waals surface area contributed by atoms with E-state index < -0.39 is 5.91 Å². The molecule has 2 aromatic carbocycles. The second-order valence-electron chi connectivity index (χ2n) is 8.15. The highest BCUT2D eigenvalue weighted by molar-refractivity contribution is 6.13. The van der Waals surface area contributed by atoms with Gasteiger partial charge in [0, 0.05) is 36.5 Å². The third kappa shape index (κ3) is 5.64. The van der Waals surface area contributed by atoms with Gasteiger partial charge < -0.3 is 20.4 Å². The van der Waals surface area contributed by atoms with Gasteiger partial charge in [-0.05, 0) is 50.2 Å². The van der Waals surface area contributed by atoms with E-state index in [9.17, 15) is 9.59 Å². The van der Waals surface area contributed by atoms with Crippen LogP contribution in [-0.2, 0) is 4.79 Å². The summed E-state index contributed by atoms with van der Waals surface area (Å²) in [6.07, 6.45) is 2.46. The summed E-state index contributed by atoms with van der Waals surface area (Å²) in [5, 5.41) is 5.90. The third-order valence-corrected chi connectivity index (χ3v) is 5.58. The van der Waals surface area contributed by atoms with Crippen molar-refractivity contribution in [2.75, 3.05) is 31.5 Å². The maximum Gasteiger partial charge on any atom is 0.302 e. The number of aliphatic imine (C=N–C) groups is 1. The Morgan fingerprint density at radius 1 is 1.14 bits per heavy atom. The lowest BCUT2D eigenvalue weighted by molar-refractivity contribution is -0.113. The first-order valence-electron chi connectivity index (χ1n) is 11.4. The molecule has 180 valence electrons. The summed E-state index contributed by atoms with van der Waals surface area (Å²) in [4.78, 5) is 36.3. The van der Waals surface area contributed by atoms with Gasteiger partial charge in [0.15, 0.2) is 5.58 Å². The number of carbonyl (C=O) groups excluding carboxylic acids is 2. The fourth-order valence-corrected chi connectivity index (χ4v) is 3.76.